The maximum atomic E-state index is 14.0. The summed E-state index contributed by atoms with van der Waals surface area (Å²) < 4.78 is 7.18. The number of benzene rings is 1. The molecule has 1 aromatic carbocycles. The average molecular weight is 475 g/mol. The van der Waals surface area contributed by atoms with Crippen molar-refractivity contribution in [3.8, 4) is 11.5 Å². The third-order valence-electron chi connectivity index (χ3n) is 7.32. The zero-order valence-electron chi connectivity index (χ0n) is 20.8. The molecule has 2 amide bonds. The number of nitrogens with one attached hydrogen (secondary N) is 1. The van der Waals surface area contributed by atoms with Crippen molar-refractivity contribution in [1.82, 2.24) is 15.1 Å². The molecule has 1 unspecified atom stereocenters. The van der Waals surface area contributed by atoms with Gasteiger partial charge in [0.2, 0.25) is 5.91 Å². The first-order valence-corrected chi connectivity index (χ1v) is 12.7. The highest BCUT2D eigenvalue weighted by Gasteiger charge is 2.49. The van der Waals surface area contributed by atoms with Crippen LogP contribution in [0.3, 0.4) is 0 Å². The van der Waals surface area contributed by atoms with E-state index < -0.39 is 5.54 Å². The van der Waals surface area contributed by atoms with Gasteiger partial charge in [0.25, 0.3) is 5.91 Å². The van der Waals surface area contributed by atoms with Crippen molar-refractivity contribution in [2.24, 2.45) is 0 Å². The summed E-state index contributed by atoms with van der Waals surface area (Å²) in [6.07, 6.45) is 9.49. The van der Waals surface area contributed by atoms with Crippen LogP contribution in [0.4, 0.5) is 5.69 Å². The van der Waals surface area contributed by atoms with Gasteiger partial charge in [-0.15, -0.1) is 0 Å². The Bertz CT molecular complexity index is 1200. The predicted molar refractivity (Wildman–Crippen MR) is 135 cm³/mol. The summed E-state index contributed by atoms with van der Waals surface area (Å²) in [5.74, 6) is 0.233. The van der Waals surface area contributed by atoms with Crippen molar-refractivity contribution in [3.63, 3.8) is 0 Å². The first kappa shape index (κ1) is 23.4. The van der Waals surface area contributed by atoms with Gasteiger partial charge in [-0.05, 0) is 69.0 Å². The van der Waals surface area contributed by atoms with Crippen LogP contribution in [-0.4, -0.2) is 33.2 Å². The Hall–Kier alpha value is -3.35. The minimum Gasteiger partial charge on any atom is -0.463 e. The van der Waals surface area contributed by atoms with Gasteiger partial charge in [0.15, 0.2) is 5.76 Å². The number of hydrogen-bond acceptors (Lipinski definition) is 4. The fraction of sp³-hybridized carbons (Fsp3) is 0.464. The summed E-state index contributed by atoms with van der Waals surface area (Å²) in [5.41, 5.74) is 2.74. The zero-order valence-corrected chi connectivity index (χ0v) is 20.8. The minimum absolute atomic E-state index is 0.128. The van der Waals surface area contributed by atoms with Crippen LogP contribution in [0.25, 0.3) is 11.5 Å². The molecule has 1 saturated carbocycles. The Labute approximate surface area is 206 Å². The van der Waals surface area contributed by atoms with E-state index in [2.05, 4.69) is 16.5 Å². The van der Waals surface area contributed by atoms with Gasteiger partial charge < -0.3 is 9.73 Å². The number of carbonyl (C=O) groups excluding carboxylic acids is 2. The van der Waals surface area contributed by atoms with Crippen LogP contribution in [0.1, 0.15) is 73.5 Å². The van der Waals surface area contributed by atoms with E-state index in [0.29, 0.717) is 17.1 Å². The van der Waals surface area contributed by atoms with Crippen molar-refractivity contribution < 1.29 is 14.0 Å². The number of nitrogens with zero attached hydrogens (tertiary/aromatic N) is 3. The molecule has 0 bridgehead atoms. The molecular weight excluding hydrogens is 440 g/mol. The lowest BCUT2D eigenvalue weighted by atomic mass is 9.91. The van der Waals surface area contributed by atoms with E-state index in [1.165, 1.54) is 19.3 Å². The van der Waals surface area contributed by atoms with Gasteiger partial charge >= 0.3 is 0 Å². The van der Waals surface area contributed by atoms with Gasteiger partial charge in [0.05, 0.1) is 12.8 Å². The van der Waals surface area contributed by atoms with E-state index in [0.717, 1.165) is 42.5 Å². The summed E-state index contributed by atoms with van der Waals surface area (Å²) in [6, 6.07) is 11.5. The van der Waals surface area contributed by atoms with E-state index in [9.17, 15) is 9.59 Å². The Morgan fingerprint density at radius 1 is 1.06 bits per heavy atom. The molecule has 1 fully saturated rings. The molecule has 5 rings (SSSR count). The molecule has 1 aliphatic carbocycles. The first-order valence-electron chi connectivity index (χ1n) is 12.7. The number of carbonyl (C=O) groups is 2. The monoisotopic (exact) mass is 474 g/mol. The van der Waals surface area contributed by atoms with Crippen molar-refractivity contribution in [1.29, 1.82) is 0 Å². The van der Waals surface area contributed by atoms with E-state index >= 15 is 0 Å². The quantitative estimate of drug-likeness (QED) is 0.548. The van der Waals surface area contributed by atoms with Crippen LogP contribution in [0.15, 0.2) is 47.1 Å². The molecule has 184 valence electrons. The Kier molecular flexibility index (Phi) is 6.26. The molecule has 35 heavy (non-hydrogen) atoms. The molecule has 1 aliphatic heterocycles. The van der Waals surface area contributed by atoms with Gasteiger partial charge in [-0.3, -0.25) is 19.2 Å². The number of aryl methyl sites for hydroxylation is 2. The largest absolute Gasteiger partial charge is 0.463 e. The van der Waals surface area contributed by atoms with Gasteiger partial charge in [-0.1, -0.05) is 38.2 Å². The minimum atomic E-state index is -1.13. The highest BCUT2D eigenvalue weighted by atomic mass is 16.3. The Morgan fingerprint density at radius 3 is 2.40 bits per heavy atom. The fourth-order valence-corrected chi connectivity index (χ4v) is 5.55. The molecule has 0 radical (unpaired) electrons. The molecule has 3 aromatic rings. The molecular formula is C28H34N4O3. The molecule has 0 saturated heterocycles. The summed E-state index contributed by atoms with van der Waals surface area (Å²) in [5, 5.41) is 7.97. The highest BCUT2D eigenvalue weighted by Crippen LogP contribution is 2.35. The van der Waals surface area contributed by atoms with Crippen LogP contribution in [-0.2, 0) is 11.3 Å². The van der Waals surface area contributed by atoms with Crippen molar-refractivity contribution in [2.45, 2.75) is 83.8 Å². The number of aromatic nitrogens is 2. The molecule has 1 N–H and O–H groups in total. The second kappa shape index (κ2) is 9.36. The number of amides is 2. The second-order valence-electron chi connectivity index (χ2n) is 10.3. The number of rotatable bonds is 4. The molecule has 2 aromatic heterocycles. The summed E-state index contributed by atoms with van der Waals surface area (Å²) in [7, 11) is 0. The maximum Gasteiger partial charge on any atom is 0.277 e. The molecule has 2 aliphatic rings. The van der Waals surface area contributed by atoms with Crippen LogP contribution in [0, 0.1) is 13.8 Å². The summed E-state index contributed by atoms with van der Waals surface area (Å²) in [4.78, 5) is 29.6. The predicted octanol–water partition coefficient (Wildman–Crippen LogP) is 5.41. The molecule has 7 heteroatoms. The van der Waals surface area contributed by atoms with Crippen LogP contribution in [0.2, 0.25) is 0 Å². The van der Waals surface area contributed by atoms with Crippen molar-refractivity contribution in [2.75, 3.05) is 4.90 Å². The third-order valence-corrected chi connectivity index (χ3v) is 7.32. The Morgan fingerprint density at radius 2 is 1.74 bits per heavy atom. The number of anilines is 1. The normalized spacial score (nSPS) is 21.3. The average Bonchev–Trinajstić information content (AvgIpc) is 3.44. The molecule has 0 spiro atoms. The fourth-order valence-electron chi connectivity index (χ4n) is 5.55. The van der Waals surface area contributed by atoms with E-state index in [1.807, 2.05) is 39.0 Å². The van der Waals surface area contributed by atoms with Gasteiger partial charge in [0, 0.05) is 17.8 Å². The lowest BCUT2D eigenvalue weighted by molar-refractivity contribution is -0.127. The van der Waals surface area contributed by atoms with E-state index in [1.54, 1.807) is 28.0 Å². The van der Waals surface area contributed by atoms with Gasteiger partial charge in [0.1, 0.15) is 16.9 Å². The topological polar surface area (TPSA) is 80.4 Å². The van der Waals surface area contributed by atoms with Crippen LogP contribution in [0.5, 0.6) is 0 Å². The second-order valence-corrected chi connectivity index (χ2v) is 10.3. The van der Waals surface area contributed by atoms with E-state index in [4.69, 9.17) is 4.42 Å². The number of hydrogen-bond donors (Lipinski definition) is 1. The maximum absolute atomic E-state index is 14.0. The number of fused-ring (bicyclic) bond motifs is 1. The van der Waals surface area contributed by atoms with Crippen molar-refractivity contribution in [3.05, 3.63) is 59.5 Å². The van der Waals surface area contributed by atoms with Crippen molar-refractivity contribution >= 4 is 17.5 Å². The van der Waals surface area contributed by atoms with Gasteiger partial charge in [-0.25, -0.2) is 0 Å². The lowest BCUT2D eigenvalue weighted by Gasteiger charge is -2.44. The first-order chi connectivity index (χ1) is 16.8. The lowest BCUT2D eigenvalue weighted by Crippen LogP contribution is -2.65. The standard InChI is InChI=1S/C28H34N4O3/c1-19-14-20(2)16-22(15-19)32-26(33)24-17-23(25-12-9-13-35-25)30-31(24)18-28(32,3)27(34)29-21-10-7-5-4-6-8-11-21/h9,12-17,21H,4-8,10-11,18H2,1-3H3,(H,29,34). The summed E-state index contributed by atoms with van der Waals surface area (Å²) in [6.45, 7) is 6.14. The summed E-state index contributed by atoms with van der Waals surface area (Å²) >= 11 is 0. The highest BCUT2D eigenvalue weighted by molar-refractivity contribution is 6.12. The molecule has 1 atom stereocenters. The van der Waals surface area contributed by atoms with Crippen LogP contribution >= 0.6 is 0 Å². The molecule has 3 heterocycles. The Balaban J connectivity index is 1.54. The SMILES string of the molecule is Cc1cc(C)cc(N2C(=O)c3cc(-c4ccco4)nn3CC2(C)C(=O)NC2CCCCCCC2)c1. The van der Waals surface area contributed by atoms with Crippen LogP contribution < -0.4 is 10.2 Å². The smallest absolute Gasteiger partial charge is 0.277 e. The zero-order chi connectivity index (χ0) is 24.6. The van der Waals surface area contributed by atoms with Gasteiger partial charge in [-0.2, -0.15) is 5.10 Å². The number of furan rings is 1. The van der Waals surface area contributed by atoms with E-state index in [-0.39, 0.29) is 24.4 Å². The third kappa shape index (κ3) is 4.51. The molecule has 7 nitrogen and oxygen atoms in total.